The molecular weight excluding hydrogens is 262 g/mol. The molecule has 0 aromatic rings. The number of hydrogen-bond acceptors (Lipinski definition) is 3. The number of urea groups is 1. The third kappa shape index (κ3) is 6.40. The van der Waals surface area contributed by atoms with Gasteiger partial charge in [0.2, 0.25) is 5.91 Å². The third-order valence-electron chi connectivity index (χ3n) is 3.19. The van der Waals surface area contributed by atoms with Gasteiger partial charge < -0.3 is 21.1 Å². The molecule has 0 bridgehead atoms. The SMILES string of the molecule is CC(CCCNC(=O)NC(C)C(=O)NC1CC1)C(=O)O. The van der Waals surface area contributed by atoms with Crippen molar-refractivity contribution in [2.45, 2.75) is 51.6 Å². The van der Waals surface area contributed by atoms with Gasteiger partial charge in [0.25, 0.3) is 0 Å². The molecule has 1 aliphatic carbocycles. The minimum absolute atomic E-state index is 0.179. The molecule has 0 spiro atoms. The molecule has 7 nitrogen and oxygen atoms in total. The summed E-state index contributed by atoms with van der Waals surface area (Å²) in [7, 11) is 0. The van der Waals surface area contributed by atoms with Gasteiger partial charge in [0.1, 0.15) is 6.04 Å². The number of carbonyl (C=O) groups is 3. The van der Waals surface area contributed by atoms with Crippen molar-refractivity contribution in [3.63, 3.8) is 0 Å². The van der Waals surface area contributed by atoms with Crippen LogP contribution < -0.4 is 16.0 Å². The summed E-state index contributed by atoms with van der Waals surface area (Å²) in [5.74, 6) is -1.43. The number of rotatable bonds is 8. The molecule has 0 heterocycles. The van der Waals surface area contributed by atoms with Gasteiger partial charge in [-0.15, -0.1) is 0 Å². The molecule has 0 aliphatic heterocycles. The van der Waals surface area contributed by atoms with E-state index in [0.717, 1.165) is 12.8 Å². The van der Waals surface area contributed by atoms with Gasteiger partial charge in [-0.2, -0.15) is 0 Å². The largest absolute Gasteiger partial charge is 0.481 e. The van der Waals surface area contributed by atoms with Crippen LogP contribution in [0.5, 0.6) is 0 Å². The van der Waals surface area contributed by atoms with Crippen molar-refractivity contribution >= 4 is 17.9 Å². The molecule has 0 aromatic carbocycles. The Labute approximate surface area is 118 Å². The molecule has 1 aliphatic rings. The lowest BCUT2D eigenvalue weighted by molar-refractivity contribution is -0.141. The van der Waals surface area contributed by atoms with Crippen LogP contribution in [0.2, 0.25) is 0 Å². The first kappa shape index (κ1) is 16.3. The molecule has 7 heteroatoms. The Morgan fingerprint density at radius 1 is 1.25 bits per heavy atom. The first-order valence-electron chi connectivity index (χ1n) is 6.97. The summed E-state index contributed by atoms with van der Waals surface area (Å²) in [5.41, 5.74) is 0. The van der Waals surface area contributed by atoms with Crippen LogP contribution in [0.25, 0.3) is 0 Å². The zero-order chi connectivity index (χ0) is 15.1. The number of carbonyl (C=O) groups excluding carboxylic acids is 2. The fourth-order valence-corrected chi connectivity index (χ4v) is 1.60. The number of carboxylic acid groups (broad SMARTS) is 1. The van der Waals surface area contributed by atoms with E-state index in [1.807, 2.05) is 0 Å². The maximum absolute atomic E-state index is 11.6. The summed E-state index contributed by atoms with van der Waals surface area (Å²) >= 11 is 0. The lowest BCUT2D eigenvalue weighted by Crippen LogP contribution is -2.49. The molecule has 0 saturated heterocycles. The second-order valence-corrected chi connectivity index (χ2v) is 5.29. The van der Waals surface area contributed by atoms with E-state index in [1.165, 1.54) is 0 Å². The van der Waals surface area contributed by atoms with Crippen molar-refractivity contribution < 1.29 is 19.5 Å². The highest BCUT2D eigenvalue weighted by atomic mass is 16.4. The predicted molar refractivity (Wildman–Crippen MR) is 73.2 cm³/mol. The fraction of sp³-hybridized carbons (Fsp3) is 0.769. The Kier molecular flexibility index (Phi) is 6.27. The molecule has 0 radical (unpaired) electrons. The minimum atomic E-state index is -0.833. The van der Waals surface area contributed by atoms with E-state index in [9.17, 15) is 14.4 Å². The molecule has 1 fully saturated rings. The zero-order valence-electron chi connectivity index (χ0n) is 11.9. The zero-order valence-corrected chi connectivity index (χ0v) is 11.9. The van der Waals surface area contributed by atoms with Gasteiger partial charge in [-0.05, 0) is 32.6 Å². The number of hydrogen-bond donors (Lipinski definition) is 4. The van der Waals surface area contributed by atoms with Crippen LogP contribution >= 0.6 is 0 Å². The fourth-order valence-electron chi connectivity index (χ4n) is 1.60. The molecule has 2 unspecified atom stereocenters. The molecule has 2 atom stereocenters. The van der Waals surface area contributed by atoms with Crippen LogP contribution in [0.4, 0.5) is 4.79 Å². The van der Waals surface area contributed by atoms with Gasteiger partial charge in [-0.25, -0.2) is 4.79 Å². The second kappa shape index (κ2) is 7.72. The summed E-state index contributed by atoms with van der Waals surface area (Å²) < 4.78 is 0. The highest BCUT2D eigenvalue weighted by Gasteiger charge is 2.26. The van der Waals surface area contributed by atoms with Gasteiger partial charge in [0.05, 0.1) is 5.92 Å². The van der Waals surface area contributed by atoms with Crippen LogP contribution in [0, 0.1) is 5.92 Å². The van der Waals surface area contributed by atoms with E-state index < -0.39 is 24.0 Å². The Balaban J connectivity index is 2.09. The van der Waals surface area contributed by atoms with Crippen LogP contribution in [0.1, 0.15) is 39.5 Å². The Morgan fingerprint density at radius 2 is 1.90 bits per heavy atom. The number of nitrogens with one attached hydrogen (secondary N) is 3. The van der Waals surface area contributed by atoms with E-state index in [2.05, 4.69) is 16.0 Å². The van der Waals surface area contributed by atoms with Crippen molar-refractivity contribution in [3.8, 4) is 0 Å². The lowest BCUT2D eigenvalue weighted by atomic mass is 10.1. The first-order chi connectivity index (χ1) is 9.40. The molecule has 1 rings (SSSR count). The van der Waals surface area contributed by atoms with E-state index in [1.54, 1.807) is 13.8 Å². The topological polar surface area (TPSA) is 108 Å². The van der Waals surface area contributed by atoms with Gasteiger partial charge in [0, 0.05) is 12.6 Å². The highest BCUT2D eigenvalue weighted by molar-refractivity contribution is 5.86. The van der Waals surface area contributed by atoms with Crippen molar-refractivity contribution in [2.75, 3.05) is 6.54 Å². The standard InChI is InChI=1S/C13H23N3O4/c1-8(12(18)19)4-3-7-14-13(20)15-9(2)11(17)16-10-5-6-10/h8-10H,3-7H2,1-2H3,(H,16,17)(H,18,19)(H2,14,15,20). The smallest absolute Gasteiger partial charge is 0.315 e. The maximum Gasteiger partial charge on any atom is 0.315 e. The summed E-state index contributed by atoms with van der Waals surface area (Å²) in [6, 6.07) is -0.715. The van der Waals surface area contributed by atoms with Crippen molar-refractivity contribution in [1.29, 1.82) is 0 Å². The summed E-state index contributed by atoms with van der Waals surface area (Å²) in [4.78, 5) is 33.7. The minimum Gasteiger partial charge on any atom is -0.481 e. The summed E-state index contributed by atoms with van der Waals surface area (Å²) in [6.45, 7) is 3.65. The van der Waals surface area contributed by atoms with Crippen LogP contribution in [-0.4, -0.2) is 41.6 Å². The van der Waals surface area contributed by atoms with Crippen molar-refractivity contribution in [3.05, 3.63) is 0 Å². The molecule has 114 valence electrons. The van der Waals surface area contributed by atoms with E-state index in [4.69, 9.17) is 5.11 Å². The average molecular weight is 285 g/mol. The van der Waals surface area contributed by atoms with Gasteiger partial charge in [-0.3, -0.25) is 9.59 Å². The van der Waals surface area contributed by atoms with Gasteiger partial charge >= 0.3 is 12.0 Å². The first-order valence-corrected chi connectivity index (χ1v) is 6.97. The molecular formula is C13H23N3O4. The lowest BCUT2D eigenvalue weighted by Gasteiger charge is -2.14. The normalized spacial score (nSPS) is 16.9. The second-order valence-electron chi connectivity index (χ2n) is 5.29. The van der Waals surface area contributed by atoms with Crippen LogP contribution in [-0.2, 0) is 9.59 Å². The summed E-state index contributed by atoms with van der Waals surface area (Å²) in [6.07, 6.45) is 3.11. The molecule has 1 saturated carbocycles. The highest BCUT2D eigenvalue weighted by Crippen LogP contribution is 2.18. The molecule has 20 heavy (non-hydrogen) atoms. The van der Waals surface area contributed by atoms with E-state index >= 15 is 0 Å². The number of aliphatic carboxylic acids is 1. The molecule has 3 amide bonds. The van der Waals surface area contributed by atoms with E-state index in [0.29, 0.717) is 19.4 Å². The third-order valence-corrected chi connectivity index (χ3v) is 3.19. The summed E-state index contributed by atoms with van der Waals surface area (Å²) in [5, 5.41) is 16.7. The Morgan fingerprint density at radius 3 is 2.45 bits per heavy atom. The number of amides is 3. The van der Waals surface area contributed by atoms with Crippen molar-refractivity contribution in [2.24, 2.45) is 5.92 Å². The Hall–Kier alpha value is -1.79. The number of carboxylic acids is 1. The monoisotopic (exact) mass is 285 g/mol. The van der Waals surface area contributed by atoms with E-state index in [-0.39, 0.29) is 11.9 Å². The van der Waals surface area contributed by atoms with Crippen LogP contribution in [0.15, 0.2) is 0 Å². The quantitative estimate of drug-likeness (QED) is 0.486. The molecule has 4 N–H and O–H groups in total. The van der Waals surface area contributed by atoms with Gasteiger partial charge in [0.15, 0.2) is 0 Å². The van der Waals surface area contributed by atoms with Gasteiger partial charge in [-0.1, -0.05) is 6.92 Å². The predicted octanol–water partition coefficient (Wildman–Crippen LogP) is 0.454. The van der Waals surface area contributed by atoms with Crippen LogP contribution in [0.3, 0.4) is 0 Å². The van der Waals surface area contributed by atoms with Crippen molar-refractivity contribution in [1.82, 2.24) is 16.0 Å². The Bertz CT molecular complexity index is 369. The maximum atomic E-state index is 11.6. The molecule has 0 aromatic heterocycles. The average Bonchev–Trinajstić information content (AvgIpc) is 3.17.